The van der Waals surface area contributed by atoms with Crippen LogP contribution in [0.2, 0.25) is 0 Å². The van der Waals surface area contributed by atoms with Crippen LogP contribution in [-0.2, 0) is 9.59 Å². The van der Waals surface area contributed by atoms with Gasteiger partial charge in [-0.1, -0.05) is 12.1 Å². The zero-order valence-electron chi connectivity index (χ0n) is 12.3. The van der Waals surface area contributed by atoms with Crippen molar-refractivity contribution in [2.45, 2.75) is 32.2 Å². The molecule has 1 atom stereocenters. The molecule has 0 spiro atoms. The van der Waals surface area contributed by atoms with Crippen molar-refractivity contribution in [3.8, 4) is 6.07 Å². The summed E-state index contributed by atoms with van der Waals surface area (Å²) >= 11 is 0. The molecule has 0 aromatic heterocycles. The average Bonchev–Trinajstić information content (AvgIpc) is 2.46. The number of hydrogen-bond acceptors (Lipinski definition) is 4. The maximum Gasteiger partial charge on any atom is 0.254 e. The summed E-state index contributed by atoms with van der Waals surface area (Å²) in [4.78, 5) is 34.8. The van der Waals surface area contributed by atoms with E-state index in [2.05, 4.69) is 10.6 Å². The van der Waals surface area contributed by atoms with Crippen molar-refractivity contribution in [1.29, 1.82) is 5.26 Å². The van der Waals surface area contributed by atoms with Gasteiger partial charge < -0.3 is 16.4 Å². The first kappa shape index (κ1) is 17.2. The fourth-order valence-corrected chi connectivity index (χ4v) is 1.89. The Morgan fingerprint density at radius 1 is 1.32 bits per heavy atom. The summed E-state index contributed by atoms with van der Waals surface area (Å²) < 4.78 is 0. The smallest absolute Gasteiger partial charge is 0.254 e. The van der Waals surface area contributed by atoms with Gasteiger partial charge in [0.15, 0.2) is 0 Å². The molecule has 1 rings (SSSR count). The van der Waals surface area contributed by atoms with Gasteiger partial charge in [0.05, 0.1) is 17.3 Å². The van der Waals surface area contributed by atoms with E-state index in [1.807, 2.05) is 6.07 Å². The highest BCUT2D eigenvalue weighted by molar-refractivity contribution is 6.04. The molecule has 7 heteroatoms. The second-order valence-corrected chi connectivity index (χ2v) is 4.71. The van der Waals surface area contributed by atoms with Crippen molar-refractivity contribution in [3.05, 3.63) is 29.8 Å². The minimum Gasteiger partial charge on any atom is -0.368 e. The van der Waals surface area contributed by atoms with E-state index in [0.717, 1.165) is 0 Å². The minimum atomic E-state index is -0.855. The Kier molecular flexibility index (Phi) is 6.57. The van der Waals surface area contributed by atoms with Gasteiger partial charge in [0, 0.05) is 13.3 Å². The molecule has 0 aliphatic heterocycles. The van der Waals surface area contributed by atoms with Gasteiger partial charge in [0.2, 0.25) is 11.8 Å². The number of primary amides is 1. The molecule has 7 nitrogen and oxygen atoms in total. The molecule has 0 aliphatic rings. The molecule has 0 saturated carbocycles. The van der Waals surface area contributed by atoms with Gasteiger partial charge in [-0.2, -0.15) is 5.26 Å². The molecule has 0 aliphatic carbocycles. The maximum absolute atomic E-state index is 12.3. The molecular weight excluding hydrogens is 284 g/mol. The number of amides is 3. The van der Waals surface area contributed by atoms with Gasteiger partial charge in [-0.3, -0.25) is 14.4 Å². The van der Waals surface area contributed by atoms with E-state index in [4.69, 9.17) is 11.0 Å². The standard InChI is InChI=1S/C15H18N4O3/c1-10(20)18-12-7-3-2-6-11(12)15(22)19-13(14(17)21)8-4-5-9-16/h2-3,6-7,13H,4-5,8H2,1H3,(H2,17,21)(H,18,20)(H,19,22)/t13-/m1/s1. The van der Waals surface area contributed by atoms with Crippen molar-refractivity contribution in [2.24, 2.45) is 5.73 Å². The van der Waals surface area contributed by atoms with E-state index in [0.29, 0.717) is 12.1 Å². The number of benzene rings is 1. The molecule has 0 fully saturated rings. The molecule has 0 heterocycles. The summed E-state index contributed by atoms with van der Waals surface area (Å²) in [5.74, 6) is -1.48. The topological polar surface area (TPSA) is 125 Å². The average molecular weight is 302 g/mol. The van der Waals surface area contributed by atoms with Crippen LogP contribution in [0.5, 0.6) is 0 Å². The number of nitriles is 1. The van der Waals surface area contributed by atoms with Crippen LogP contribution in [0, 0.1) is 11.3 Å². The number of rotatable bonds is 7. The normalized spacial score (nSPS) is 11.1. The predicted molar refractivity (Wildman–Crippen MR) is 80.7 cm³/mol. The van der Waals surface area contributed by atoms with Crippen molar-refractivity contribution in [2.75, 3.05) is 5.32 Å². The molecular formula is C15H18N4O3. The van der Waals surface area contributed by atoms with E-state index in [9.17, 15) is 14.4 Å². The summed E-state index contributed by atoms with van der Waals surface area (Å²) in [5, 5.41) is 13.6. The zero-order valence-corrected chi connectivity index (χ0v) is 12.3. The first-order valence-electron chi connectivity index (χ1n) is 6.79. The lowest BCUT2D eigenvalue weighted by molar-refractivity contribution is -0.120. The molecule has 4 N–H and O–H groups in total. The number of carbonyl (C=O) groups is 3. The van der Waals surface area contributed by atoms with Crippen LogP contribution in [0.1, 0.15) is 36.5 Å². The minimum absolute atomic E-state index is 0.240. The van der Waals surface area contributed by atoms with Crippen LogP contribution in [-0.4, -0.2) is 23.8 Å². The number of hydrogen-bond donors (Lipinski definition) is 3. The summed E-state index contributed by atoms with van der Waals surface area (Å²) in [6.45, 7) is 1.34. The molecule has 3 amide bonds. The van der Waals surface area contributed by atoms with Crippen LogP contribution < -0.4 is 16.4 Å². The van der Waals surface area contributed by atoms with Crippen molar-refractivity contribution in [1.82, 2.24) is 5.32 Å². The first-order valence-corrected chi connectivity index (χ1v) is 6.79. The van der Waals surface area contributed by atoms with Crippen LogP contribution in [0.25, 0.3) is 0 Å². The van der Waals surface area contributed by atoms with E-state index in [1.165, 1.54) is 13.0 Å². The van der Waals surface area contributed by atoms with Gasteiger partial charge in [-0.25, -0.2) is 0 Å². The Balaban J connectivity index is 2.84. The Bertz CT molecular complexity index is 607. The quantitative estimate of drug-likeness (QED) is 0.647. The molecule has 116 valence electrons. The number of unbranched alkanes of at least 4 members (excludes halogenated alkanes) is 1. The molecule has 22 heavy (non-hydrogen) atoms. The second-order valence-electron chi connectivity index (χ2n) is 4.71. The fourth-order valence-electron chi connectivity index (χ4n) is 1.89. The fraction of sp³-hybridized carbons (Fsp3) is 0.333. The Morgan fingerprint density at radius 3 is 2.59 bits per heavy atom. The van der Waals surface area contributed by atoms with E-state index in [-0.39, 0.29) is 24.3 Å². The van der Waals surface area contributed by atoms with Crippen LogP contribution in [0.15, 0.2) is 24.3 Å². The van der Waals surface area contributed by atoms with Crippen LogP contribution in [0.3, 0.4) is 0 Å². The lowest BCUT2D eigenvalue weighted by atomic mass is 10.1. The lowest BCUT2D eigenvalue weighted by Gasteiger charge is -2.16. The lowest BCUT2D eigenvalue weighted by Crippen LogP contribution is -2.44. The van der Waals surface area contributed by atoms with Gasteiger partial charge in [-0.05, 0) is 25.0 Å². The molecule has 0 bridgehead atoms. The maximum atomic E-state index is 12.3. The highest BCUT2D eigenvalue weighted by Gasteiger charge is 2.20. The van der Waals surface area contributed by atoms with Crippen LogP contribution >= 0.6 is 0 Å². The second kappa shape index (κ2) is 8.42. The van der Waals surface area contributed by atoms with Gasteiger partial charge in [0.1, 0.15) is 6.04 Å². The number of nitrogens with zero attached hydrogens (tertiary/aromatic N) is 1. The predicted octanol–water partition coefficient (Wildman–Crippen LogP) is 0.923. The van der Waals surface area contributed by atoms with Crippen molar-refractivity contribution >= 4 is 23.4 Å². The largest absolute Gasteiger partial charge is 0.368 e. The molecule has 0 radical (unpaired) electrons. The monoisotopic (exact) mass is 302 g/mol. The Hall–Kier alpha value is -2.88. The van der Waals surface area contributed by atoms with Crippen LogP contribution in [0.4, 0.5) is 5.69 Å². The van der Waals surface area contributed by atoms with E-state index < -0.39 is 17.9 Å². The Morgan fingerprint density at radius 2 is 2.00 bits per heavy atom. The first-order chi connectivity index (χ1) is 10.5. The van der Waals surface area contributed by atoms with Crippen molar-refractivity contribution in [3.63, 3.8) is 0 Å². The Labute approximate surface area is 128 Å². The number of carbonyl (C=O) groups excluding carboxylic acids is 3. The summed E-state index contributed by atoms with van der Waals surface area (Å²) in [5.41, 5.74) is 5.85. The molecule has 0 unspecified atom stereocenters. The number of nitrogens with two attached hydrogens (primary N) is 1. The molecule has 0 saturated heterocycles. The van der Waals surface area contributed by atoms with Gasteiger partial charge in [0.25, 0.3) is 5.91 Å². The van der Waals surface area contributed by atoms with Gasteiger partial charge >= 0.3 is 0 Å². The summed E-state index contributed by atoms with van der Waals surface area (Å²) in [7, 11) is 0. The third-order valence-corrected chi connectivity index (χ3v) is 2.91. The zero-order chi connectivity index (χ0) is 16.5. The molecule has 1 aromatic rings. The van der Waals surface area contributed by atoms with E-state index in [1.54, 1.807) is 18.2 Å². The molecule has 1 aromatic carbocycles. The number of para-hydroxylation sites is 1. The number of anilines is 1. The SMILES string of the molecule is CC(=O)Nc1ccccc1C(=O)N[C@H](CCCC#N)C(N)=O. The third kappa shape index (κ3) is 5.25. The number of nitrogens with one attached hydrogen (secondary N) is 2. The summed E-state index contributed by atoms with van der Waals surface area (Å²) in [6.07, 6.45) is 1.02. The highest BCUT2D eigenvalue weighted by Crippen LogP contribution is 2.15. The van der Waals surface area contributed by atoms with Crippen molar-refractivity contribution < 1.29 is 14.4 Å². The van der Waals surface area contributed by atoms with E-state index >= 15 is 0 Å². The highest BCUT2D eigenvalue weighted by atomic mass is 16.2. The van der Waals surface area contributed by atoms with Gasteiger partial charge in [-0.15, -0.1) is 0 Å². The third-order valence-electron chi connectivity index (χ3n) is 2.91. The summed E-state index contributed by atoms with van der Waals surface area (Å²) in [6, 6.07) is 7.56.